The molecule has 0 aliphatic heterocycles. The average Bonchev–Trinajstić information content (AvgIpc) is 3.02. The number of carbonyl (C=O) groups excluding carboxylic acids is 3. The molecule has 1 aromatic heterocycles. The predicted molar refractivity (Wildman–Crippen MR) is 170 cm³/mol. The number of aryl methyl sites for hydroxylation is 2. The van der Waals surface area contributed by atoms with Crippen LogP contribution >= 0.6 is 0 Å². The summed E-state index contributed by atoms with van der Waals surface area (Å²) in [5.41, 5.74) is 2.06. The lowest BCUT2D eigenvalue weighted by molar-refractivity contribution is -0.151. The summed E-state index contributed by atoms with van der Waals surface area (Å²) in [7, 11) is 1.39. The molecule has 0 aliphatic carbocycles. The highest BCUT2D eigenvalue weighted by atomic mass is 19.1. The van der Waals surface area contributed by atoms with Crippen molar-refractivity contribution in [2.75, 3.05) is 27.1 Å². The lowest BCUT2D eigenvalue weighted by Crippen LogP contribution is -2.41. The zero-order valence-corrected chi connectivity index (χ0v) is 27.3. The van der Waals surface area contributed by atoms with E-state index in [4.69, 9.17) is 28.4 Å². The summed E-state index contributed by atoms with van der Waals surface area (Å²) < 4.78 is 44.6. The Balaban J connectivity index is 0.00000107. The van der Waals surface area contributed by atoms with Crippen molar-refractivity contribution in [1.82, 2.24) is 10.3 Å². The molecular formula is C34H45FN2O9. The van der Waals surface area contributed by atoms with E-state index in [2.05, 4.69) is 10.3 Å². The molecule has 1 amide bonds. The normalized spacial score (nSPS) is 12.3. The first-order valence-corrected chi connectivity index (χ1v) is 14.8. The standard InChI is InChI=1S/C27H36N2O9.C7H7F.H2/c1-7-34-15-22(38-21-10-8-17(2)9-11-21)14-18(3)37-27(32)19(4)29-26(31)24-25(36-16-35-20(5)30)23(33-6)12-13-28-24;1-6-2-4-7(8)5-3-6;/h8-13,18-19,22H,7,14-16H2,1-6H3,(H,29,31);2-5H,1H3;1H/t18-,19-,22+;;/m0../s1. The van der Waals surface area contributed by atoms with Crippen LogP contribution in [0.1, 0.15) is 57.2 Å². The second kappa shape index (κ2) is 19.6. The quantitative estimate of drug-likeness (QED) is 0.165. The molecule has 3 atom stereocenters. The van der Waals surface area contributed by atoms with Gasteiger partial charge in [0.25, 0.3) is 5.91 Å². The molecule has 1 N–H and O–H groups in total. The van der Waals surface area contributed by atoms with Gasteiger partial charge in [0.2, 0.25) is 6.79 Å². The van der Waals surface area contributed by atoms with Gasteiger partial charge in [-0.05, 0) is 58.9 Å². The van der Waals surface area contributed by atoms with Crippen LogP contribution in [0.4, 0.5) is 4.39 Å². The van der Waals surface area contributed by atoms with Crippen LogP contribution in [-0.2, 0) is 23.8 Å². The van der Waals surface area contributed by atoms with Crippen LogP contribution in [0.3, 0.4) is 0 Å². The number of methoxy groups -OCH3 is 1. The molecule has 1 heterocycles. The van der Waals surface area contributed by atoms with Crippen molar-refractivity contribution in [3.8, 4) is 17.2 Å². The van der Waals surface area contributed by atoms with Gasteiger partial charge in [-0.25, -0.2) is 14.2 Å². The van der Waals surface area contributed by atoms with E-state index in [-0.39, 0.29) is 30.5 Å². The second-order valence-electron chi connectivity index (χ2n) is 10.3. The minimum absolute atomic E-state index is 0. The fourth-order valence-corrected chi connectivity index (χ4v) is 3.85. The molecule has 46 heavy (non-hydrogen) atoms. The van der Waals surface area contributed by atoms with Gasteiger partial charge in [0.15, 0.2) is 17.2 Å². The van der Waals surface area contributed by atoms with E-state index in [9.17, 15) is 18.8 Å². The van der Waals surface area contributed by atoms with E-state index >= 15 is 0 Å². The zero-order chi connectivity index (χ0) is 34.1. The molecule has 3 rings (SSSR count). The number of nitrogens with zero attached hydrogens (tertiary/aromatic N) is 1. The number of hydrogen-bond acceptors (Lipinski definition) is 10. The van der Waals surface area contributed by atoms with Gasteiger partial charge >= 0.3 is 11.9 Å². The highest BCUT2D eigenvalue weighted by molar-refractivity contribution is 5.98. The van der Waals surface area contributed by atoms with E-state index in [1.807, 2.05) is 45.0 Å². The van der Waals surface area contributed by atoms with Gasteiger partial charge in [0, 0.05) is 33.6 Å². The van der Waals surface area contributed by atoms with Crippen molar-refractivity contribution in [3.63, 3.8) is 0 Å². The maximum atomic E-state index is 12.9. The molecule has 252 valence electrons. The van der Waals surface area contributed by atoms with Crippen molar-refractivity contribution in [1.29, 1.82) is 0 Å². The van der Waals surface area contributed by atoms with Gasteiger partial charge in [0.1, 0.15) is 29.8 Å². The molecule has 0 unspecified atom stereocenters. The van der Waals surface area contributed by atoms with Crippen molar-refractivity contribution < 1.29 is 48.6 Å². The summed E-state index contributed by atoms with van der Waals surface area (Å²) in [4.78, 5) is 40.7. The monoisotopic (exact) mass is 644 g/mol. The summed E-state index contributed by atoms with van der Waals surface area (Å²) in [6, 6.07) is 14.5. The molecule has 0 radical (unpaired) electrons. The molecule has 3 aromatic rings. The number of aromatic nitrogens is 1. The Morgan fingerprint density at radius 1 is 0.978 bits per heavy atom. The molecule has 0 saturated heterocycles. The first-order valence-electron chi connectivity index (χ1n) is 14.8. The number of rotatable bonds is 15. The Kier molecular flexibility index (Phi) is 16.0. The molecule has 11 nitrogen and oxygen atoms in total. The third kappa shape index (κ3) is 13.5. The predicted octanol–water partition coefficient (Wildman–Crippen LogP) is 5.60. The molecule has 0 fully saturated rings. The number of hydrogen-bond donors (Lipinski definition) is 1. The van der Waals surface area contributed by atoms with E-state index in [0.717, 1.165) is 11.1 Å². The minimum atomic E-state index is -0.998. The van der Waals surface area contributed by atoms with Gasteiger partial charge in [-0.2, -0.15) is 0 Å². The highest BCUT2D eigenvalue weighted by Crippen LogP contribution is 2.29. The Morgan fingerprint density at radius 2 is 1.61 bits per heavy atom. The van der Waals surface area contributed by atoms with Crippen LogP contribution < -0.4 is 19.5 Å². The maximum Gasteiger partial charge on any atom is 0.328 e. The average molecular weight is 645 g/mol. The first kappa shape index (κ1) is 37.5. The highest BCUT2D eigenvalue weighted by Gasteiger charge is 2.26. The number of halogens is 1. The van der Waals surface area contributed by atoms with Crippen LogP contribution in [0.15, 0.2) is 60.8 Å². The van der Waals surface area contributed by atoms with Crippen LogP contribution in [0, 0.1) is 19.7 Å². The van der Waals surface area contributed by atoms with E-state index in [1.165, 1.54) is 45.4 Å². The smallest absolute Gasteiger partial charge is 0.328 e. The fourth-order valence-electron chi connectivity index (χ4n) is 3.85. The molecule has 2 aromatic carbocycles. The van der Waals surface area contributed by atoms with Gasteiger partial charge in [-0.3, -0.25) is 9.59 Å². The molecule has 0 bridgehead atoms. The third-order valence-corrected chi connectivity index (χ3v) is 6.22. The van der Waals surface area contributed by atoms with Crippen molar-refractivity contribution >= 4 is 17.8 Å². The number of amides is 1. The van der Waals surface area contributed by atoms with Gasteiger partial charge in [-0.1, -0.05) is 35.4 Å². The lowest BCUT2D eigenvalue weighted by Gasteiger charge is -2.24. The number of ether oxygens (including phenoxy) is 6. The first-order chi connectivity index (χ1) is 21.9. The zero-order valence-electron chi connectivity index (χ0n) is 27.3. The minimum Gasteiger partial charge on any atom is -0.493 e. The summed E-state index contributed by atoms with van der Waals surface area (Å²) >= 11 is 0. The number of pyridine rings is 1. The molecule has 0 spiro atoms. The van der Waals surface area contributed by atoms with Crippen molar-refractivity contribution in [3.05, 3.63) is 83.4 Å². The van der Waals surface area contributed by atoms with E-state index in [0.29, 0.717) is 25.4 Å². The molecule has 0 aliphatic rings. The third-order valence-electron chi connectivity index (χ3n) is 6.22. The number of nitrogens with one attached hydrogen (secondary N) is 1. The van der Waals surface area contributed by atoms with E-state index < -0.39 is 36.8 Å². The SMILES string of the molecule is CCOC[C@@H](C[C@H](C)OC(=O)[C@H](C)NC(=O)c1nccc(OC)c1OCOC(C)=O)Oc1ccc(C)cc1.Cc1ccc(F)cc1.[HH]. The largest absolute Gasteiger partial charge is 0.493 e. The summed E-state index contributed by atoms with van der Waals surface area (Å²) in [5, 5.41) is 2.55. The van der Waals surface area contributed by atoms with Crippen LogP contribution in [0.2, 0.25) is 0 Å². The summed E-state index contributed by atoms with van der Waals surface area (Å²) in [6.45, 7) is 10.7. The number of esters is 2. The Hall–Kier alpha value is -4.71. The molecule has 0 saturated carbocycles. The van der Waals surface area contributed by atoms with E-state index in [1.54, 1.807) is 19.1 Å². The number of carbonyl (C=O) groups is 3. The second-order valence-corrected chi connectivity index (χ2v) is 10.3. The summed E-state index contributed by atoms with van der Waals surface area (Å²) in [5.74, 6) is -1.20. The van der Waals surface area contributed by atoms with Crippen molar-refractivity contribution in [2.24, 2.45) is 0 Å². The molecule has 12 heteroatoms. The topological polar surface area (TPSA) is 132 Å². The Labute approximate surface area is 270 Å². The fraction of sp³-hybridized carbons (Fsp3) is 0.412. The number of benzene rings is 2. The van der Waals surface area contributed by atoms with Gasteiger partial charge in [0.05, 0.1) is 13.7 Å². The maximum absolute atomic E-state index is 12.9. The van der Waals surface area contributed by atoms with Crippen molar-refractivity contribution in [2.45, 2.75) is 66.2 Å². The van der Waals surface area contributed by atoms with Crippen LogP contribution in [0.25, 0.3) is 0 Å². The summed E-state index contributed by atoms with van der Waals surface area (Å²) in [6.07, 6.45) is 0.870. The Bertz CT molecular complexity index is 1370. The Morgan fingerprint density at radius 3 is 2.17 bits per heavy atom. The van der Waals surface area contributed by atoms with Gasteiger partial charge in [-0.15, -0.1) is 0 Å². The van der Waals surface area contributed by atoms with Gasteiger partial charge < -0.3 is 33.7 Å². The van der Waals surface area contributed by atoms with Crippen LogP contribution in [-0.4, -0.2) is 68.2 Å². The molecular weight excluding hydrogens is 599 g/mol. The lowest BCUT2D eigenvalue weighted by atomic mass is 10.1. The van der Waals surface area contributed by atoms with Crippen LogP contribution in [0.5, 0.6) is 17.2 Å².